The Kier molecular flexibility index (Phi) is 4.60. The fourth-order valence-electron chi connectivity index (χ4n) is 3.11. The molecule has 1 N–H and O–H groups in total. The zero-order valence-electron chi connectivity index (χ0n) is 13.9. The topological polar surface area (TPSA) is 41.6 Å². The van der Waals surface area contributed by atoms with Crippen LogP contribution in [0.2, 0.25) is 0 Å². The number of carbonyl (C=O) groups is 1. The number of nitrogens with one attached hydrogen (secondary N) is 1. The fourth-order valence-corrected chi connectivity index (χ4v) is 3.11. The molecule has 0 aromatic heterocycles. The monoisotopic (exact) mass is 352 g/mol. The lowest BCUT2D eigenvalue weighted by atomic mass is 9.97. The van der Waals surface area contributed by atoms with E-state index in [0.717, 1.165) is 5.01 Å². The van der Waals surface area contributed by atoms with Gasteiger partial charge in [-0.3, -0.25) is 10.2 Å². The Morgan fingerprint density at radius 1 is 1.12 bits per heavy atom. The van der Waals surface area contributed by atoms with Gasteiger partial charge in [-0.25, -0.2) is 5.01 Å². The molecule has 0 aliphatic carbocycles. The Morgan fingerprint density at radius 3 is 2.40 bits per heavy atom. The number of nitrogens with zero attached hydrogens (tertiary/aromatic N) is 1. The molecule has 2 aromatic carbocycles. The third kappa shape index (κ3) is 3.56. The molecule has 2 aromatic rings. The van der Waals surface area contributed by atoms with Crippen LogP contribution < -0.4 is 10.2 Å². The van der Waals surface area contributed by atoms with E-state index in [4.69, 9.17) is 4.74 Å². The number of fused-ring (bicyclic) bond motifs is 1. The van der Waals surface area contributed by atoms with Gasteiger partial charge in [0, 0.05) is 18.4 Å². The van der Waals surface area contributed by atoms with Gasteiger partial charge in [0.2, 0.25) is 5.91 Å². The predicted octanol–water partition coefficient (Wildman–Crippen LogP) is 3.97. The summed E-state index contributed by atoms with van der Waals surface area (Å²) in [4.78, 5) is 11.4. The van der Waals surface area contributed by atoms with E-state index in [9.17, 15) is 18.0 Å². The first-order valence-electron chi connectivity index (χ1n) is 8.08. The fraction of sp³-hybridized carbons (Fsp3) is 0.389. The van der Waals surface area contributed by atoms with Crippen LogP contribution in [-0.4, -0.2) is 29.7 Å². The van der Waals surface area contributed by atoms with Gasteiger partial charge in [0.15, 0.2) is 6.04 Å². The molecule has 1 amide bonds. The van der Waals surface area contributed by atoms with E-state index in [1.54, 1.807) is 30.3 Å². The average Bonchev–Trinajstić information content (AvgIpc) is 2.92. The highest BCUT2D eigenvalue weighted by Gasteiger charge is 2.47. The summed E-state index contributed by atoms with van der Waals surface area (Å²) < 4.78 is 47.1. The van der Waals surface area contributed by atoms with Crippen LogP contribution in [0, 0.1) is 0 Å². The van der Waals surface area contributed by atoms with Crippen LogP contribution in [-0.2, 0) is 4.79 Å². The van der Waals surface area contributed by atoms with E-state index in [0.29, 0.717) is 16.5 Å². The first kappa shape index (κ1) is 17.5. The quantitative estimate of drug-likeness (QED) is 0.905. The normalized spacial score (nSPS) is 17.1. The number of halogens is 3. The maximum atomic E-state index is 13.8. The minimum Gasteiger partial charge on any atom is -0.490 e. The SMILES string of the molecule is CC(C)Oc1cccc2c(C(N3CCC(=O)N3)C(F)(F)F)cccc12. The maximum absolute atomic E-state index is 13.8. The van der Waals surface area contributed by atoms with E-state index < -0.39 is 18.1 Å². The van der Waals surface area contributed by atoms with E-state index in [1.165, 1.54) is 6.07 Å². The van der Waals surface area contributed by atoms with Crippen molar-refractivity contribution in [1.82, 2.24) is 10.4 Å². The number of hydrazine groups is 1. The van der Waals surface area contributed by atoms with Gasteiger partial charge < -0.3 is 4.74 Å². The Morgan fingerprint density at radius 2 is 1.80 bits per heavy atom. The van der Waals surface area contributed by atoms with Gasteiger partial charge in [-0.1, -0.05) is 30.3 Å². The van der Waals surface area contributed by atoms with Crippen molar-refractivity contribution in [3.8, 4) is 5.75 Å². The molecule has 1 aliphatic heterocycles. The highest BCUT2D eigenvalue weighted by atomic mass is 19.4. The molecule has 4 nitrogen and oxygen atoms in total. The van der Waals surface area contributed by atoms with Crippen molar-refractivity contribution in [3.05, 3.63) is 42.0 Å². The van der Waals surface area contributed by atoms with E-state index >= 15 is 0 Å². The van der Waals surface area contributed by atoms with Gasteiger partial charge in [0.25, 0.3) is 0 Å². The zero-order valence-corrected chi connectivity index (χ0v) is 13.9. The average molecular weight is 352 g/mol. The summed E-state index contributed by atoms with van der Waals surface area (Å²) in [6.07, 6.45) is -4.56. The van der Waals surface area contributed by atoms with E-state index in [-0.39, 0.29) is 24.6 Å². The van der Waals surface area contributed by atoms with E-state index in [1.807, 2.05) is 13.8 Å². The third-order valence-electron chi connectivity index (χ3n) is 4.04. The molecule has 1 heterocycles. The molecule has 25 heavy (non-hydrogen) atoms. The summed E-state index contributed by atoms with van der Waals surface area (Å²) in [7, 11) is 0. The first-order chi connectivity index (χ1) is 11.8. The van der Waals surface area contributed by atoms with Crippen LogP contribution in [0.15, 0.2) is 36.4 Å². The highest BCUT2D eigenvalue weighted by Crippen LogP contribution is 2.42. The van der Waals surface area contributed by atoms with Crippen molar-refractivity contribution >= 4 is 16.7 Å². The molecule has 7 heteroatoms. The number of amides is 1. The van der Waals surface area contributed by atoms with Gasteiger partial charge in [-0.2, -0.15) is 13.2 Å². The molecule has 1 fully saturated rings. The molecule has 0 bridgehead atoms. The van der Waals surface area contributed by atoms with Crippen LogP contribution in [0.25, 0.3) is 10.8 Å². The predicted molar refractivity (Wildman–Crippen MR) is 88.0 cm³/mol. The Labute approximate surface area is 143 Å². The smallest absolute Gasteiger partial charge is 0.409 e. The van der Waals surface area contributed by atoms with Gasteiger partial charge in [0.1, 0.15) is 5.75 Å². The summed E-state index contributed by atoms with van der Waals surface area (Å²) in [6, 6.07) is 7.94. The number of benzene rings is 2. The molecule has 1 saturated heterocycles. The number of hydrogen-bond acceptors (Lipinski definition) is 3. The number of ether oxygens (including phenoxy) is 1. The Bertz CT molecular complexity index is 789. The summed E-state index contributed by atoms with van der Waals surface area (Å²) in [6.45, 7) is 3.74. The lowest BCUT2D eigenvalue weighted by molar-refractivity contribution is -0.190. The molecule has 0 radical (unpaired) electrons. The zero-order chi connectivity index (χ0) is 18.2. The summed E-state index contributed by atoms with van der Waals surface area (Å²) >= 11 is 0. The Hall–Kier alpha value is -2.28. The number of alkyl halides is 3. The van der Waals surface area contributed by atoms with E-state index in [2.05, 4.69) is 5.43 Å². The number of hydrogen-bond donors (Lipinski definition) is 1. The summed E-state index contributed by atoms with van der Waals surface area (Å²) in [5, 5.41) is 2.05. The second-order valence-electron chi connectivity index (χ2n) is 6.29. The number of carbonyl (C=O) groups excluding carboxylic acids is 1. The molecule has 134 valence electrons. The maximum Gasteiger partial charge on any atom is 0.409 e. The van der Waals surface area contributed by atoms with Crippen LogP contribution in [0.1, 0.15) is 31.9 Å². The minimum absolute atomic E-state index is 0.0155. The van der Waals surface area contributed by atoms with Gasteiger partial charge in [-0.05, 0) is 30.9 Å². The summed E-state index contributed by atoms with van der Waals surface area (Å²) in [5.74, 6) is 0.138. The second-order valence-corrected chi connectivity index (χ2v) is 6.29. The Balaban J connectivity index is 2.13. The van der Waals surface area contributed by atoms with Crippen LogP contribution >= 0.6 is 0 Å². The highest BCUT2D eigenvalue weighted by molar-refractivity contribution is 5.91. The molecular weight excluding hydrogens is 333 g/mol. The molecule has 0 saturated carbocycles. The van der Waals surface area contributed by atoms with Crippen molar-refractivity contribution in [2.24, 2.45) is 0 Å². The third-order valence-corrected chi connectivity index (χ3v) is 4.04. The molecule has 1 unspecified atom stereocenters. The molecule has 1 atom stereocenters. The van der Waals surface area contributed by atoms with Gasteiger partial charge >= 0.3 is 6.18 Å². The molecular formula is C18H19F3N2O2. The minimum atomic E-state index is -4.53. The van der Waals surface area contributed by atoms with Gasteiger partial charge in [0.05, 0.1) is 6.10 Å². The van der Waals surface area contributed by atoms with Crippen molar-refractivity contribution in [2.45, 2.75) is 38.6 Å². The largest absolute Gasteiger partial charge is 0.490 e. The lowest BCUT2D eigenvalue weighted by Gasteiger charge is -2.30. The van der Waals surface area contributed by atoms with Gasteiger partial charge in [-0.15, -0.1) is 0 Å². The summed E-state index contributed by atoms with van der Waals surface area (Å²) in [5.41, 5.74) is 2.41. The van der Waals surface area contributed by atoms with Crippen molar-refractivity contribution < 1.29 is 22.7 Å². The number of rotatable bonds is 4. The van der Waals surface area contributed by atoms with Crippen molar-refractivity contribution in [3.63, 3.8) is 0 Å². The lowest BCUT2D eigenvalue weighted by Crippen LogP contribution is -2.43. The van der Waals surface area contributed by atoms with Crippen molar-refractivity contribution in [2.75, 3.05) is 6.54 Å². The molecule has 1 aliphatic rings. The molecule has 0 spiro atoms. The first-order valence-corrected chi connectivity index (χ1v) is 8.08. The van der Waals surface area contributed by atoms with Crippen LogP contribution in [0.5, 0.6) is 5.75 Å². The van der Waals surface area contributed by atoms with Crippen LogP contribution in [0.3, 0.4) is 0 Å². The van der Waals surface area contributed by atoms with Crippen LogP contribution in [0.4, 0.5) is 13.2 Å². The molecule has 3 rings (SSSR count). The standard InChI is InChI=1S/C18H19F3N2O2/c1-11(2)25-15-8-4-5-12-13(15)6-3-7-14(12)17(18(19,20)21)23-10-9-16(24)22-23/h3-8,11,17H,9-10H2,1-2H3,(H,22,24). The van der Waals surface area contributed by atoms with Crippen molar-refractivity contribution in [1.29, 1.82) is 0 Å². The second kappa shape index (κ2) is 6.55.